The normalized spacial score (nSPS) is 12.5. The third-order valence-electron chi connectivity index (χ3n) is 3.13. The highest BCUT2D eigenvalue weighted by Gasteiger charge is 2.16. The number of benzene rings is 2. The van der Waals surface area contributed by atoms with E-state index in [2.05, 4.69) is 5.43 Å². The molecule has 0 aromatic heterocycles. The van der Waals surface area contributed by atoms with Crippen LogP contribution < -0.4 is 11.3 Å². The molecule has 0 radical (unpaired) electrons. The molecule has 0 aliphatic heterocycles. The van der Waals surface area contributed by atoms with E-state index in [0.717, 1.165) is 22.8 Å². The lowest BCUT2D eigenvalue weighted by Crippen LogP contribution is -2.29. The van der Waals surface area contributed by atoms with Gasteiger partial charge < -0.3 is 0 Å². The largest absolute Gasteiger partial charge is 0.271 e. The maximum Gasteiger partial charge on any atom is 0.126 e. The predicted molar refractivity (Wildman–Crippen MR) is 71.4 cm³/mol. The highest BCUT2D eigenvalue weighted by atomic mass is 19.1. The molecular weight excluding hydrogens is 246 g/mol. The molecule has 0 fully saturated rings. The Labute approximate surface area is 111 Å². The van der Waals surface area contributed by atoms with E-state index in [1.807, 2.05) is 32.0 Å². The van der Waals surface area contributed by atoms with Crippen molar-refractivity contribution >= 4 is 0 Å². The summed E-state index contributed by atoms with van der Waals surface area (Å²) in [5.41, 5.74) is 6.08. The van der Waals surface area contributed by atoms with Gasteiger partial charge >= 0.3 is 0 Å². The van der Waals surface area contributed by atoms with Crippen molar-refractivity contribution in [3.63, 3.8) is 0 Å². The van der Waals surface area contributed by atoms with Gasteiger partial charge in [-0.05, 0) is 42.7 Å². The molecule has 1 atom stereocenters. The van der Waals surface area contributed by atoms with Crippen LogP contribution >= 0.6 is 0 Å². The molecular formula is C15H16F2N2. The lowest BCUT2D eigenvalue weighted by atomic mass is 9.94. The molecule has 3 N–H and O–H groups in total. The lowest BCUT2D eigenvalue weighted by Gasteiger charge is -2.20. The first kappa shape index (κ1) is 13.6. The van der Waals surface area contributed by atoms with E-state index >= 15 is 0 Å². The highest BCUT2D eigenvalue weighted by Crippen LogP contribution is 2.26. The molecule has 0 heterocycles. The van der Waals surface area contributed by atoms with Gasteiger partial charge in [0.1, 0.15) is 11.6 Å². The summed E-state index contributed by atoms with van der Waals surface area (Å²) >= 11 is 0. The van der Waals surface area contributed by atoms with Gasteiger partial charge in [-0.3, -0.25) is 5.84 Å². The van der Waals surface area contributed by atoms with Crippen LogP contribution in [0.15, 0.2) is 36.4 Å². The van der Waals surface area contributed by atoms with Crippen LogP contribution in [0.25, 0.3) is 0 Å². The Morgan fingerprint density at radius 1 is 1.00 bits per heavy atom. The predicted octanol–water partition coefficient (Wildman–Crippen LogP) is 3.13. The number of nitrogens with two attached hydrogens (primary N) is 1. The summed E-state index contributed by atoms with van der Waals surface area (Å²) in [6.07, 6.45) is 0. The monoisotopic (exact) mass is 262 g/mol. The van der Waals surface area contributed by atoms with Gasteiger partial charge in [-0.2, -0.15) is 0 Å². The van der Waals surface area contributed by atoms with Crippen LogP contribution in [-0.2, 0) is 0 Å². The Kier molecular flexibility index (Phi) is 3.93. The lowest BCUT2D eigenvalue weighted by molar-refractivity contribution is 0.565. The average Bonchev–Trinajstić information content (AvgIpc) is 2.33. The molecule has 0 spiro atoms. The summed E-state index contributed by atoms with van der Waals surface area (Å²) in [5, 5.41) is 0. The fourth-order valence-corrected chi connectivity index (χ4v) is 2.18. The van der Waals surface area contributed by atoms with Crippen molar-refractivity contribution in [2.24, 2.45) is 5.84 Å². The zero-order chi connectivity index (χ0) is 14.0. The molecule has 0 bridgehead atoms. The van der Waals surface area contributed by atoms with Crippen LogP contribution in [-0.4, -0.2) is 0 Å². The number of nitrogens with one attached hydrogen (secondary N) is 1. The Morgan fingerprint density at radius 2 is 1.63 bits per heavy atom. The molecule has 0 amide bonds. The van der Waals surface area contributed by atoms with E-state index in [1.54, 1.807) is 0 Å². The van der Waals surface area contributed by atoms with Crippen molar-refractivity contribution in [1.82, 2.24) is 5.43 Å². The summed E-state index contributed by atoms with van der Waals surface area (Å²) in [6.45, 7) is 3.90. The van der Waals surface area contributed by atoms with Crippen LogP contribution in [0.3, 0.4) is 0 Å². The van der Waals surface area contributed by atoms with E-state index < -0.39 is 17.7 Å². The standard InChI is InChI=1S/C15H16F2N2/c1-9-3-4-10(2)14(5-9)15(19-18)11-6-12(16)8-13(17)7-11/h3-8,15,19H,18H2,1-2H3. The zero-order valence-electron chi connectivity index (χ0n) is 10.9. The Hall–Kier alpha value is -1.78. The average molecular weight is 262 g/mol. The molecule has 2 aromatic rings. The first-order valence-corrected chi connectivity index (χ1v) is 6.00. The Morgan fingerprint density at radius 3 is 2.21 bits per heavy atom. The van der Waals surface area contributed by atoms with E-state index in [0.29, 0.717) is 5.56 Å². The van der Waals surface area contributed by atoms with Crippen LogP contribution in [0.2, 0.25) is 0 Å². The van der Waals surface area contributed by atoms with Gasteiger partial charge in [0.25, 0.3) is 0 Å². The molecule has 2 rings (SSSR count). The first-order valence-electron chi connectivity index (χ1n) is 6.00. The molecule has 2 nitrogen and oxygen atoms in total. The van der Waals surface area contributed by atoms with Crippen molar-refractivity contribution < 1.29 is 8.78 Å². The first-order chi connectivity index (χ1) is 9.01. The van der Waals surface area contributed by atoms with Crippen LogP contribution in [0.4, 0.5) is 8.78 Å². The Balaban J connectivity index is 2.52. The minimum absolute atomic E-state index is 0.440. The zero-order valence-corrected chi connectivity index (χ0v) is 10.9. The minimum Gasteiger partial charge on any atom is -0.271 e. The number of hydrogen-bond acceptors (Lipinski definition) is 2. The van der Waals surface area contributed by atoms with Gasteiger partial charge in [-0.1, -0.05) is 23.8 Å². The van der Waals surface area contributed by atoms with Crippen molar-refractivity contribution in [2.45, 2.75) is 19.9 Å². The summed E-state index contributed by atoms with van der Waals surface area (Å²) in [5.74, 6) is 4.34. The smallest absolute Gasteiger partial charge is 0.126 e. The molecule has 0 aliphatic rings. The van der Waals surface area contributed by atoms with E-state index in [9.17, 15) is 8.78 Å². The second-order valence-electron chi connectivity index (χ2n) is 4.66. The fourth-order valence-electron chi connectivity index (χ4n) is 2.18. The van der Waals surface area contributed by atoms with E-state index in [-0.39, 0.29) is 0 Å². The number of aryl methyl sites for hydroxylation is 2. The summed E-state index contributed by atoms with van der Waals surface area (Å²) < 4.78 is 26.6. The summed E-state index contributed by atoms with van der Waals surface area (Å²) in [4.78, 5) is 0. The van der Waals surface area contributed by atoms with Crippen LogP contribution in [0.1, 0.15) is 28.3 Å². The minimum atomic E-state index is -0.611. The van der Waals surface area contributed by atoms with Gasteiger partial charge in [0, 0.05) is 6.07 Å². The van der Waals surface area contributed by atoms with Gasteiger partial charge in [-0.15, -0.1) is 0 Å². The van der Waals surface area contributed by atoms with Gasteiger partial charge in [-0.25, -0.2) is 14.2 Å². The Bertz CT molecular complexity index is 576. The van der Waals surface area contributed by atoms with Crippen LogP contribution in [0.5, 0.6) is 0 Å². The van der Waals surface area contributed by atoms with E-state index in [1.165, 1.54) is 12.1 Å². The molecule has 0 aliphatic carbocycles. The molecule has 100 valence electrons. The number of hydrogen-bond donors (Lipinski definition) is 2. The van der Waals surface area contributed by atoms with E-state index in [4.69, 9.17) is 5.84 Å². The second-order valence-corrected chi connectivity index (χ2v) is 4.66. The quantitative estimate of drug-likeness (QED) is 0.658. The third kappa shape index (κ3) is 2.97. The molecule has 4 heteroatoms. The van der Waals surface area contributed by atoms with Gasteiger partial charge in [0.05, 0.1) is 6.04 Å². The molecule has 19 heavy (non-hydrogen) atoms. The van der Waals surface area contributed by atoms with Crippen molar-refractivity contribution in [1.29, 1.82) is 0 Å². The third-order valence-corrected chi connectivity index (χ3v) is 3.13. The van der Waals surface area contributed by atoms with Crippen molar-refractivity contribution in [3.8, 4) is 0 Å². The van der Waals surface area contributed by atoms with Gasteiger partial charge in [0.2, 0.25) is 0 Å². The molecule has 0 saturated heterocycles. The van der Waals surface area contributed by atoms with Crippen molar-refractivity contribution in [2.75, 3.05) is 0 Å². The fraction of sp³-hybridized carbons (Fsp3) is 0.200. The number of hydrazine groups is 1. The maximum absolute atomic E-state index is 13.3. The van der Waals surface area contributed by atoms with Gasteiger partial charge in [0.15, 0.2) is 0 Å². The molecule has 0 saturated carbocycles. The topological polar surface area (TPSA) is 38.0 Å². The number of rotatable bonds is 3. The maximum atomic E-state index is 13.3. The highest BCUT2D eigenvalue weighted by molar-refractivity contribution is 5.39. The molecule has 1 unspecified atom stereocenters. The van der Waals surface area contributed by atoms with Crippen LogP contribution in [0, 0.1) is 25.5 Å². The molecule has 2 aromatic carbocycles. The second kappa shape index (κ2) is 5.47. The summed E-state index contributed by atoms with van der Waals surface area (Å²) in [7, 11) is 0. The van der Waals surface area contributed by atoms with Crippen molar-refractivity contribution in [3.05, 3.63) is 70.3 Å². The summed E-state index contributed by atoms with van der Waals surface area (Å²) in [6, 6.07) is 8.89. The number of halogens is 2. The SMILES string of the molecule is Cc1ccc(C)c(C(NN)c2cc(F)cc(F)c2)c1.